The van der Waals surface area contributed by atoms with E-state index in [-0.39, 0.29) is 36.1 Å². The Kier molecular flexibility index (Phi) is 6.99. The Morgan fingerprint density at radius 2 is 1.88 bits per heavy atom. The van der Waals surface area contributed by atoms with Crippen LogP contribution < -0.4 is 4.74 Å². The van der Waals surface area contributed by atoms with Crippen molar-refractivity contribution in [2.45, 2.75) is 25.9 Å². The summed E-state index contributed by atoms with van der Waals surface area (Å²) in [5, 5.41) is 0. The van der Waals surface area contributed by atoms with Gasteiger partial charge in [-0.1, -0.05) is 0 Å². The number of hydrogen-bond donors (Lipinski definition) is 0. The van der Waals surface area contributed by atoms with Crippen molar-refractivity contribution in [3.63, 3.8) is 0 Å². The van der Waals surface area contributed by atoms with Crippen LogP contribution in [-0.4, -0.2) is 72.1 Å². The number of ether oxygens (including phenoxy) is 2. The van der Waals surface area contributed by atoms with Crippen LogP contribution in [0.25, 0.3) is 0 Å². The van der Waals surface area contributed by atoms with Crippen LogP contribution in [0.3, 0.4) is 0 Å². The van der Waals surface area contributed by atoms with Gasteiger partial charge in [-0.2, -0.15) is 0 Å². The van der Waals surface area contributed by atoms with Crippen LogP contribution in [0.1, 0.15) is 28.8 Å². The van der Waals surface area contributed by atoms with E-state index >= 15 is 0 Å². The molecule has 0 aliphatic carbocycles. The van der Waals surface area contributed by atoms with Gasteiger partial charge in [-0.3, -0.25) is 14.6 Å². The van der Waals surface area contributed by atoms with Crippen molar-refractivity contribution in [1.82, 2.24) is 14.8 Å². The number of rotatable bonds is 5. The largest absolute Gasteiger partial charge is 0.490 e. The highest BCUT2D eigenvalue weighted by Gasteiger charge is 2.36. The molecule has 2 amide bonds. The van der Waals surface area contributed by atoms with Gasteiger partial charge in [0.05, 0.1) is 18.8 Å². The first-order chi connectivity index (χ1) is 15.5. The smallest absolute Gasteiger partial charge is 0.255 e. The molecule has 2 fully saturated rings. The lowest BCUT2D eigenvalue weighted by molar-refractivity contribution is -0.137. The fraction of sp³-hybridized carbons (Fsp3) is 0.458. The summed E-state index contributed by atoms with van der Waals surface area (Å²) in [4.78, 5) is 33.7. The minimum Gasteiger partial charge on any atom is -0.490 e. The van der Waals surface area contributed by atoms with Gasteiger partial charge in [-0.15, -0.1) is 0 Å². The summed E-state index contributed by atoms with van der Waals surface area (Å²) in [6, 6.07) is 7.71. The number of likely N-dealkylation sites (tertiary alicyclic amines) is 1. The van der Waals surface area contributed by atoms with Gasteiger partial charge < -0.3 is 19.3 Å². The molecule has 2 aliphatic heterocycles. The predicted octanol–water partition coefficient (Wildman–Crippen LogP) is 2.69. The van der Waals surface area contributed by atoms with Gasteiger partial charge in [-0.25, -0.2) is 4.39 Å². The van der Waals surface area contributed by atoms with Crippen LogP contribution >= 0.6 is 0 Å². The van der Waals surface area contributed by atoms with E-state index in [1.165, 1.54) is 12.1 Å². The number of carbonyl (C=O) groups excluding carboxylic acids is 2. The monoisotopic (exact) mass is 441 g/mol. The fourth-order valence-corrected chi connectivity index (χ4v) is 4.25. The molecule has 8 heteroatoms. The lowest BCUT2D eigenvalue weighted by atomic mass is 9.90. The van der Waals surface area contributed by atoms with Crippen molar-refractivity contribution < 1.29 is 23.5 Å². The van der Waals surface area contributed by atoms with Crippen LogP contribution in [0.2, 0.25) is 0 Å². The van der Waals surface area contributed by atoms with Gasteiger partial charge in [0.1, 0.15) is 17.7 Å². The van der Waals surface area contributed by atoms with Crippen LogP contribution in [0, 0.1) is 18.7 Å². The van der Waals surface area contributed by atoms with E-state index in [1.54, 1.807) is 29.4 Å². The lowest BCUT2D eigenvalue weighted by Gasteiger charge is -2.39. The number of morpholine rings is 1. The molecule has 1 aromatic heterocycles. The van der Waals surface area contributed by atoms with Gasteiger partial charge in [0.2, 0.25) is 5.91 Å². The van der Waals surface area contributed by atoms with Crippen molar-refractivity contribution in [3.05, 3.63) is 59.7 Å². The molecule has 3 heterocycles. The molecule has 0 radical (unpaired) electrons. The Labute approximate surface area is 187 Å². The number of benzene rings is 1. The van der Waals surface area contributed by atoms with Crippen LogP contribution in [0.15, 0.2) is 42.7 Å². The molecule has 2 saturated heterocycles. The van der Waals surface area contributed by atoms with Crippen LogP contribution in [0.5, 0.6) is 5.75 Å². The van der Waals surface area contributed by atoms with E-state index in [4.69, 9.17) is 9.47 Å². The van der Waals surface area contributed by atoms with Crippen molar-refractivity contribution in [1.29, 1.82) is 0 Å². The average Bonchev–Trinajstić information content (AvgIpc) is 2.81. The van der Waals surface area contributed by atoms with Crippen LogP contribution in [-0.2, 0) is 9.53 Å². The molecule has 7 nitrogen and oxygen atoms in total. The lowest BCUT2D eigenvalue weighted by Crippen LogP contribution is -2.50. The summed E-state index contributed by atoms with van der Waals surface area (Å²) in [7, 11) is 0. The summed E-state index contributed by atoms with van der Waals surface area (Å²) in [5.74, 6) is 0.0000970. The third kappa shape index (κ3) is 5.43. The molecule has 0 saturated carbocycles. The number of hydrogen-bond acceptors (Lipinski definition) is 5. The van der Waals surface area contributed by atoms with E-state index in [2.05, 4.69) is 4.98 Å². The SMILES string of the molecule is Cc1cncc(C(=O)N2CC[C@H](Oc3ccc(F)cc3)[C@@H](CC(=O)N3CCOCC3)C2)c1. The number of aryl methyl sites for hydroxylation is 1. The highest BCUT2D eigenvalue weighted by atomic mass is 19.1. The molecule has 0 bridgehead atoms. The molecular weight excluding hydrogens is 413 g/mol. The van der Waals surface area contributed by atoms with Crippen LogP contribution in [0.4, 0.5) is 4.39 Å². The quantitative estimate of drug-likeness (QED) is 0.714. The summed E-state index contributed by atoms with van der Waals surface area (Å²) in [6.07, 6.45) is 3.91. The molecule has 32 heavy (non-hydrogen) atoms. The first-order valence-corrected chi connectivity index (χ1v) is 11.0. The maximum Gasteiger partial charge on any atom is 0.255 e. The maximum atomic E-state index is 13.3. The first-order valence-electron chi connectivity index (χ1n) is 11.0. The summed E-state index contributed by atoms with van der Waals surface area (Å²) in [6.45, 7) is 5.05. The number of nitrogens with zero attached hydrogens (tertiary/aromatic N) is 3. The van der Waals surface area contributed by atoms with Gasteiger partial charge in [0.15, 0.2) is 0 Å². The van der Waals surface area contributed by atoms with E-state index < -0.39 is 0 Å². The predicted molar refractivity (Wildman–Crippen MR) is 116 cm³/mol. The third-order valence-corrected chi connectivity index (χ3v) is 5.98. The van der Waals surface area contributed by atoms with E-state index in [1.807, 2.05) is 17.9 Å². The van der Waals surface area contributed by atoms with Gasteiger partial charge in [-0.05, 0) is 42.8 Å². The van der Waals surface area contributed by atoms with Crippen molar-refractivity contribution in [3.8, 4) is 5.75 Å². The zero-order chi connectivity index (χ0) is 22.5. The molecule has 0 spiro atoms. The number of aromatic nitrogens is 1. The second-order valence-electron chi connectivity index (χ2n) is 8.36. The standard InChI is InChI=1S/C24H28FN3O4/c1-17-12-18(15-26-14-17)24(30)28-7-6-22(32-21-4-2-20(25)3-5-21)19(16-28)13-23(29)27-8-10-31-11-9-27/h2-5,12,14-15,19,22H,6-11,13,16H2,1H3/t19-,22-/m0/s1. The molecule has 2 aromatic rings. The third-order valence-electron chi connectivity index (χ3n) is 5.98. The fourth-order valence-electron chi connectivity index (χ4n) is 4.25. The second kappa shape index (κ2) is 10.1. The second-order valence-corrected chi connectivity index (χ2v) is 8.36. The van der Waals surface area contributed by atoms with E-state index in [9.17, 15) is 14.0 Å². The topological polar surface area (TPSA) is 72.0 Å². The average molecular weight is 442 g/mol. The minimum absolute atomic E-state index is 0.0394. The van der Waals surface area contributed by atoms with Gasteiger partial charge in [0, 0.05) is 57.3 Å². The van der Waals surface area contributed by atoms with Crippen molar-refractivity contribution >= 4 is 11.8 Å². The number of pyridine rings is 1. The van der Waals surface area contributed by atoms with E-state index in [0.717, 1.165) is 5.56 Å². The number of carbonyl (C=O) groups is 2. The Morgan fingerprint density at radius 3 is 2.59 bits per heavy atom. The highest BCUT2D eigenvalue weighted by Crippen LogP contribution is 2.27. The highest BCUT2D eigenvalue weighted by molar-refractivity contribution is 5.94. The van der Waals surface area contributed by atoms with Gasteiger partial charge >= 0.3 is 0 Å². The molecular formula is C24H28FN3O4. The summed E-state index contributed by atoms with van der Waals surface area (Å²) in [5.41, 5.74) is 1.46. The number of amides is 2. The molecule has 2 atom stereocenters. The Morgan fingerprint density at radius 1 is 1.12 bits per heavy atom. The number of halogens is 1. The molecule has 2 aliphatic rings. The van der Waals surface area contributed by atoms with Crippen molar-refractivity contribution in [2.75, 3.05) is 39.4 Å². The minimum atomic E-state index is -0.330. The molecule has 4 rings (SSSR count). The summed E-state index contributed by atoms with van der Waals surface area (Å²) >= 11 is 0. The van der Waals surface area contributed by atoms with E-state index in [0.29, 0.717) is 57.1 Å². The zero-order valence-corrected chi connectivity index (χ0v) is 18.2. The summed E-state index contributed by atoms with van der Waals surface area (Å²) < 4.78 is 24.8. The molecule has 1 aromatic carbocycles. The van der Waals surface area contributed by atoms with Crippen molar-refractivity contribution in [2.24, 2.45) is 5.92 Å². The molecule has 170 valence electrons. The molecule has 0 N–H and O–H groups in total. The Bertz CT molecular complexity index is 947. The normalized spacial score (nSPS) is 21.3. The Balaban J connectivity index is 1.49. The molecule has 0 unspecified atom stereocenters. The number of piperidine rings is 1. The zero-order valence-electron chi connectivity index (χ0n) is 18.2. The Hall–Kier alpha value is -3.00. The maximum absolute atomic E-state index is 13.3. The first kappa shape index (κ1) is 22.2. The van der Waals surface area contributed by atoms with Gasteiger partial charge in [0.25, 0.3) is 5.91 Å².